The molecule has 138 valence electrons. The quantitative estimate of drug-likeness (QED) is 0.505. The smallest absolute Gasteiger partial charge is 0.274 e. The lowest BCUT2D eigenvalue weighted by atomic mass is 10.1. The lowest BCUT2D eigenvalue weighted by molar-refractivity contribution is -0.385. The van der Waals surface area contributed by atoms with E-state index in [1.807, 2.05) is 25.1 Å². The number of aryl methyl sites for hydroxylation is 2. The van der Waals surface area contributed by atoms with Gasteiger partial charge in [-0.2, -0.15) is 0 Å². The van der Waals surface area contributed by atoms with Crippen molar-refractivity contribution in [1.29, 1.82) is 0 Å². The minimum atomic E-state index is -0.475. The number of nitrogens with one attached hydrogen (secondary N) is 2. The summed E-state index contributed by atoms with van der Waals surface area (Å²) in [7, 11) is 0. The number of hydrogen-bond acceptors (Lipinski definition) is 7. The summed E-state index contributed by atoms with van der Waals surface area (Å²) in [5.41, 5.74) is 3.33. The molecule has 0 saturated carbocycles. The maximum Gasteiger partial charge on any atom is 0.274 e. The highest BCUT2D eigenvalue weighted by molar-refractivity contribution is 5.94. The summed E-state index contributed by atoms with van der Waals surface area (Å²) in [5, 5.41) is 27.7. The van der Waals surface area contributed by atoms with Crippen molar-refractivity contribution in [1.82, 2.24) is 20.2 Å². The van der Waals surface area contributed by atoms with Gasteiger partial charge in [-0.3, -0.25) is 14.9 Å². The highest BCUT2D eigenvalue weighted by Gasteiger charge is 2.12. The largest absolute Gasteiger partial charge is 0.376 e. The lowest BCUT2D eigenvalue weighted by Crippen LogP contribution is -2.22. The summed E-state index contributed by atoms with van der Waals surface area (Å²) in [5.74, 6) is -0.319. The number of tetrazole rings is 1. The number of nitrogens with zero attached hydrogens (tertiary/aromatic N) is 5. The maximum atomic E-state index is 12.2. The summed E-state index contributed by atoms with van der Waals surface area (Å²) in [6, 6.07) is 10.2. The van der Waals surface area contributed by atoms with Crippen molar-refractivity contribution in [3.63, 3.8) is 0 Å². The Kier molecular flexibility index (Phi) is 5.06. The summed E-state index contributed by atoms with van der Waals surface area (Å²) >= 11 is 0. The molecule has 2 aromatic carbocycles. The van der Waals surface area contributed by atoms with Crippen LogP contribution in [-0.4, -0.2) is 37.6 Å². The van der Waals surface area contributed by atoms with Gasteiger partial charge >= 0.3 is 0 Å². The number of benzene rings is 2. The van der Waals surface area contributed by atoms with E-state index in [0.29, 0.717) is 11.3 Å². The second kappa shape index (κ2) is 7.60. The van der Waals surface area contributed by atoms with Crippen LogP contribution in [0.1, 0.15) is 11.1 Å². The molecule has 2 N–H and O–H groups in total. The van der Waals surface area contributed by atoms with Crippen LogP contribution in [0.15, 0.2) is 42.7 Å². The predicted molar refractivity (Wildman–Crippen MR) is 98.8 cm³/mol. The van der Waals surface area contributed by atoms with E-state index in [4.69, 9.17) is 0 Å². The number of nitro benzene ring substituents is 1. The third-order valence-electron chi connectivity index (χ3n) is 3.96. The zero-order chi connectivity index (χ0) is 19.4. The molecule has 3 aromatic rings. The van der Waals surface area contributed by atoms with Crippen LogP contribution in [0.3, 0.4) is 0 Å². The predicted octanol–water partition coefficient (Wildman–Crippen LogP) is 2.24. The van der Waals surface area contributed by atoms with Gasteiger partial charge in [-0.1, -0.05) is 12.1 Å². The number of aromatic nitrogens is 4. The van der Waals surface area contributed by atoms with Crippen LogP contribution in [0.4, 0.5) is 17.1 Å². The summed E-state index contributed by atoms with van der Waals surface area (Å²) < 4.78 is 1.51. The molecule has 1 amide bonds. The zero-order valence-electron chi connectivity index (χ0n) is 14.7. The standard InChI is InChI=1S/C17H17N7O3/c1-11-4-6-14(23-10-19-21-22-23)8-15(11)18-9-17(25)20-13-5-3-12(2)16(7-13)24(26)27/h3-8,10,18H,9H2,1-2H3,(H,20,25). The van der Waals surface area contributed by atoms with Gasteiger partial charge in [-0.25, -0.2) is 4.68 Å². The highest BCUT2D eigenvalue weighted by Crippen LogP contribution is 2.22. The SMILES string of the molecule is Cc1ccc(-n2cnnn2)cc1NCC(=O)Nc1ccc(C)c([N+](=O)[O-])c1. The Labute approximate surface area is 154 Å². The van der Waals surface area contributed by atoms with Crippen LogP contribution < -0.4 is 10.6 Å². The monoisotopic (exact) mass is 367 g/mol. The van der Waals surface area contributed by atoms with Gasteiger partial charge in [-0.15, -0.1) is 5.10 Å². The molecule has 0 unspecified atom stereocenters. The van der Waals surface area contributed by atoms with Gasteiger partial charge in [0.1, 0.15) is 6.33 Å². The average Bonchev–Trinajstić information content (AvgIpc) is 3.17. The van der Waals surface area contributed by atoms with Gasteiger partial charge in [0.15, 0.2) is 0 Å². The van der Waals surface area contributed by atoms with Gasteiger partial charge in [0.2, 0.25) is 5.91 Å². The van der Waals surface area contributed by atoms with Crippen molar-refractivity contribution in [3.8, 4) is 5.69 Å². The van der Waals surface area contributed by atoms with E-state index >= 15 is 0 Å². The molecule has 3 rings (SSSR count). The van der Waals surface area contributed by atoms with E-state index in [1.54, 1.807) is 19.1 Å². The fourth-order valence-corrected chi connectivity index (χ4v) is 2.49. The van der Waals surface area contributed by atoms with Gasteiger partial charge < -0.3 is 10.6 Å². The summed E-state index contributed by atoms with van der Waals surface area (Å²) in [6.45, 7) is 3.56. The zero-order valence-corrected chi connectivity index (χ0v) is 14.7. The lowest BCUT2D eigenvalue weighted by Gasteiger charge is -2.12. The molecule has 0 aliphatic carbocycles. The molecule has 0 bridgehead atoms. The molecule has 1 heterocycles. The first kappa shape index (κ1) is 18.0. The first-order valence-corrected chi connectivity index (χ1v) is 8.07. The second-order valence-corrected chi connectivity index (χ2v) is 5.91. The van der Waals surface area contributed by atoms with Crippen molar-refractivity contribution in [3.05, 3.63) is 64.0 Å². The second-order valence-electron chi connectivity index (χ2n) is 5.91. The molecule has 10 nitrogen and oxygen atoms in total. The number of anilines is 2. The number of carbonyl (C=O) groups excluding carboxylic acids is 1. The molecule has 0 spiro atoms. The maximum absolute atomic E-state index is 12.2. The Balaban J connectivity index is 1.67. The molecule has 0 atom stereocenters. The van der Waals surface area contributed by atoms with E-state index < -0.39 is 4.92 Å². The van der Waals surface area contributed by atoms with Crippen molar-refractivity contribution in [2.24, 2.45) is 0 Å². The van der Waals surface area contributed by atoms with Crippen molar-refractivity contribution in [2.75, 3.05) is 17.2 Å². The molecule has 27 heavy (non-hydrogen) atoms. The van der Waals surface area contributed by atoms with E-state index in [9.17, 15) is 14.9 Å². The number of carbonyl (C=O) groups is 1. The molecular weight excluding hydrogens is 350 g/mol. The summed E-state index contributed by atoms with van der Waals surface area (Å²) in [6.07, 6.45) is 1.48. The highest BCUT2D eigenvalue weighted by atomic mass is 16.6. The Morgan fingerprint density at radius 1 is 1.19 bits per heavy atom. The van der Waals surface area contributed by atoms with E-state index in [2.05, 4.69) is 26.2 Å². The van der Waals surface area contributed by atoms with Gasteiger partial charge in [0.25, 0.3) is 5.69 Å². The van der Waals surface area contributed by atoms with Crippen molar-refractivity contribution < 1.29 is 9.72 Å². The van der Waals surface area contributed by atoms with Gasteiger partial charge in [0, 0.05) is 23.0 Å². The molecule has 0 saturated heterocycles. The first-order chi connectivity index (χ1) is 12.9. The van der Waals surface area contributed by atoms with Crippen LogP contribution in [0.5, 0.6) is 0 Å². The van der Waals surface area contributed by atoms with Crippen LogP contribution in [0.25, 0.3) is 5.69 Å². The minimum Gasteiger partial charge on any atom is -0.376 e. The Morgan fingerprint density at radius 2 is 1.96 bits per heavy atom. The number of nitro groups is 1. The topological polar surface area (TPSA) is 128 Å². The minimum absolute atomic E-state index is 0.00156. The van der Waals surface area contributed by atoms with Crippen LogP contribution in [0, 0.1) is 24.0 Å². The van der Waals surface area contributed by atoms with E-state index in [1.165, 1.54) is 17.1 Å². The fraction of sp³-hybridized carbons (Fsp3) is 0.176. The molecule has 0 aliphatic heterocycles. The molecular formula is C17H17N7O3. The third-order valence-corrected chi connectivity index (χ3v) is 3.96. The first-order valence-electron chi connectivity index (χ1n) is 8.07. The normalized spacial score (nSPS) is 10.4. The Hall–Kier alpha value is -3.82. The van der Waals surface area contributed by atoms with E-state index in [0.717, 1.165) is 16.9 Å². The molecule has 1 aromatic heterocycles. The fourth-order valence-electron chi connectivity index (χ4n) is 2.49. The van der Waals surface area contributed by atoms with Gasteiger partial charge in [-0.05, 0) is 48.0 Å². The Morgan fingerprint density at radius 3 is 2.67 bits per heavy atom. The average molecular weight is 367 g/mol. The number of rotatable bonds is 6. The van der Waals surface area contributed by atoms with Crippen LogP contribution in [-0.2, 0) is 4.79 Å². The number of amides is 1. The van der Waals surface area contributed by atoms with Crippen LogP contribution in [0.2, 0.25) is 0 Å². The van der Waals surface area contributed by atoms with Crippen molar-refractivity contribution >= 4 is 23.0 Å². The van der Waals surface area contributed by atoms with Crippen LogP contribution >= 0.6 is 0 Å². The molecule has 10 heteroatoms. The number of hydrogen-bond donors (Lipinski definition) is 2. The van der Waals surface area contributed by atoms with Crippen molar-refractivity contribution in [2.45, 2.75) is 13.8 Å². The summed E-state index contributed by atoms with van der Waals surface area (Å²) in [4.78, 5) is 22.7. The Bertz CT molecular complexity index is 986. The third kappa shape index (κ3) is 4.24. The van der Waals surface area contributed by atoms with Gasteiger partial charge in [0.05, 0.1) is 17.2 Å². The molecule has 0 radical (unpaired) electrons. The van der Waals surface area contributed by atoms with E-state index in [-0.39, 0.29) is 18.1 Å². The molecule has 0 aliphatic rings. The molecule has 0 fully saturated rings.